The smallest absolute Gasteiger partial charge is 0.128 e. The monoisotopic (exact) mass is 678 g/mol. The van der Waals surface area contributed by atoms with E-state index in [2.05, 4.69) is 149 Å². The molecule has 0 aliphatic heterocycles. The lowest BCUT2D eigenvalue weighted by atomic mass is 9.95. The van der Waals surface area contributed by atoms with Gasteiger partial charge in [0.2, 0.25) is 0 Å². The van der Waals surface area contributed by atoms with E-state index in [9.17, 15) is 5.11 Å². The first-order valence-electron chi connectivity index (χ1n) is 17.7. The van der Waals surface area contributed by atoms with Gasteiger partial charge >= 0.3 is 0 Å². The molecule has 1 N–H and O–H groups in total. The van der Waals surface area contributed by atoms with Crippen LogP contribution in [0, 0.1) is 0 Å². The van der Waals surface area contributed by atoms with Gasteiger partial charge in [0.25, 0.3) is 0 Å². The van der Waals surface area contributed by atoms with Crippen LogP contribution in [-0.4, -0.2) is 22.1 Å². The number of benzene rings is 8. The lowest BCUT2D eigenvalue weighted by Gasteiger charge is -2.18. The molecule has 4 nitrogen and oxygen atoms in total. The number of nitrogens with zero attached hydrogens (tertiary/aromatic N) is 2. The summed E-state index contributed by atoms with van der Waals surface area (Å²) in [5.74, 6) is 1.34. The SMILES string of the molecule is [B]c1ccccc1Oc1cc(-c2cc(-n3c4ccccc4c4ccccc43)ccc2O)cc(-c2ccccc2-n2c3ccccc3c3ccccc32)c1. The number of rotatable bonds is 6. The predicted octanol–water partition coefficient (Wildman–Crippen LogP) is 11.5. The molecule has 0 atom stereocenters. The molecule has 0 unspecified atom stereocenters. The molecule has 2 aromatic heterocycles. The number of fused-ring (bicyclic) bond motifs is 6. The summed E-state index contributed by atoms with van der Waals surface area (Å²) < 4.78 is 11.1. The summed E-state index contributed by atoms with van der Waals surface area (Å²) in [5, 5.41) is 16.3. The van der Waals surface area contributed by atoms with Crippen molar-refractivity contribution in [1.29, 1.82) is 0 Å². The van der Waals surface area contributed by atoms with E-state index in [1.807, 2.05) is 36.4 Å². The van der Waals surface area contributed by atoms with E-state index < -0.39 is 0 Å². The summed E-state index contributed by atoms with van der Waals surface area (Å²) in [6, 6.07) is 61.9. The topological polar surface area (TPSA) is 39.3 Å². The molecule has 0 aliphatic rings. The van der Waals surface area contributed by atoms with Gasteiger partial charge in [-0.05, 0) is 83.9 Å². The zero-order chi connectivity index (χ0) is 35.5. The molecule has 0 aliphatic carbocycles. The first-order valence-corrected chi connectivity index (χ1v) is 17.7. The van der Waals surface area contributed by atoms with Gasteiger partial charge in [-0.25, -0.2) is 0 Å². The van der Waals surface area contributed by atoms with Crippen LogP contribution in [0.5, 0.6) is 17.2 Å². The number of phenolic OH excluding ortho intramolecular Hbond substituents is 1. The van der Waals surface area contributed by atoms with Crippen molar-refractivity contribution < 1.29 is 9.84 Å². The Hall–Kier alpha value is -6.98. The van der Waals surface area contributed by atoms with Crippen molar-refractivity contribution in [2.45, 2.75) is 0 Å². The lowest BCUT2D eigenvalue weighted by molar-refractivity contribution is 0.477. The van der Waals surface area contributed by atoms with Crippen LogP contribution in [-0.2, 0) is 0 Å². The molecular weight excluding hydrogens is 647 g/mol. The minimum Gasteiger partial charge on any atom is -0.507 e. The summed E-state index contributed by atoms with van der Waals surface area (Å²) in [6.07, 6.45) is 0. The Kier molecular flexibility index (Phi) is 7.19. The standard InChI is InChI=1S/C48H31BN2O2/c49-41-18-6-12-24-48(41)53-34-28-31(35-13-1-7-19-42(35)51-45-22-10-4-16-38(45)39-17-5-11-23-46(39)51)27-32(29-34)40-30-33(25-26-47(40)52)50-43-20-8-2-14-36(43)37-15-3-9-21-44(37)50/h1-30,52H. The second-order valence-electron chi connectivity index (χ2n) is 13.3. The number of ether oxygens (including phenoxy) is 1. The van der Waals surface area contributed by atoms with Crippen LogP contribution < -0.4 is 10.2 Å². The predicted molar refractivity (Wildman–Crippen MR) is 220 cm³/mol. The van der Waals surface area contributed by atoms with Gasteiger partial charge in [-0.3, -0.25) is 0 Å². The Balaban J connectivity index is 1.20. The van der Waals surface area contributed by atoms with E-state index in [1.54, 1.807) is 6.07 Å². The van der Waals surface area contributed by atoms with E-state index in [1.165, 1.54) is 21.5 Å². The van der Waals surface area contributed by atoms with Crippen molar-refractivity contribution in [2.24, 2.45) is 0 Å². The Labute approximate surface area is 307 Å². The van der Waals surface area contributed by atoms with Crippen LogP contribution in [0.2, 0.25) is 0 Å². The number of aromatic hydroxyl groups is 1. The zero-order valence-corrected chi connectivity index (χ0v) is 28.6. The number of phenols is 1. The number of para-hydroxylation sites is 6. The van der Waals surface area contributed by atoms with Gasteiger partial charge in [-0.15, -0.1) is 0 Å². The van der Waals surface area contributed by atoms with Crippen LogP contribution >= 0.6 is 0 Å². The van der Waals surface area contributed by atoms with Crippen LogP contribution in [0.4, 0.5) is 0 Å². The first kappa shape index (κ1) is 30.8. The van der Waals surface area contributed by atoms with Crippen molar-refractivity contribution in [1.82, 2.24) is 9.13 Å². The van der Waals surface area contributed by atoms with Crippen molar-refractivity contribution >= 4 is 56.9 Å². The third-order valence-electron chi connectivity index (χ3n) is 10.2. The Morgan fingerprint density at radius 1 is 0.434 bits per heavy atom. The molecule has 0 bridgehead atoms. The maximum atomic E-state index is 11.6. The molecule has 2 heterocycles. The number of aromatic nitrogens is 2. The molecule has 10 aromatic rings. The average molecular weight is 679 g/mol. The van der Waals surface area contributed by atoms with Crippen LogP contribution in [0.15, 0.2) is 182 Å². The molecule has 0 saturated carbocycles. The number of hydrogen-bond donors (Lipinski definition) is 1. The maximum absolute atomic E-state index is 11.6. The van der Waals surface area contributed by atoms with Crippen LogP contribution in [0.25, 0.3) is 77.2 Å². The highest BCUT2D eigenvalue weighted by atomic mass is 16.5. The van der Waals surface area contributed by atoms with Gasteiger partial charge in [0.15, 0.2) is 0 Å². The van der Waals surface area contributed by atoms with Crippen LogP contribution in [0.3, 0.4) is 0 Å². The molecule has 0 amide bonds. The minimum atomic E-state index is 0.174. The average Bonchev–Trinajstić information content (AvgIpc) is 3.72. The Morgan fingerprint density at radius 3 is 1.53 bits per heavy atom. The van der Waals surface area contributed by atoms with Crippen molar-refractivity contribution in [2.75, 3.05) is 0 Å². The molecule has 2 radical (unpaired) electrons. The zero-order valence-electron chi connectivity index (χ0n) is 28.6. The van der Waals surface area contributed by atoms with Crippen molar-refractivity contribution in [3.05, 3.63) is 182 Å². The fourth-order valence-electron chi connectivity index (χ4n) is 7.86. The summed E-state index contributed by atoms with van der Waals surface area (Å²) in [7, 11) is 6.38. The van der Waals surface area contributed by atoms with E-state index in [0.717, 1.165) is 50.1 Å². The molecule has 8 aromatic carbocycles. The molecule has 10 rings (SSSR count). The third-order valence-corrected chi connectivity index (χ3v) is 10.2. The highest BCUT2D eigenvalue weighted by molar-refractivity contribution is 6.34. The van der Waals surface area contributed by atoms with Gasteiger partial charge in [0.1, 0.15) is 25.1 Å². The van der Waals surface area contributed by atoms with E-state index in [-0.39, 0.29) is 5.75 Å². The summed E-state index contributed by atoms with van der Waals surface area (Å²) in [5.41, 5.74) is 10.4. The first-order chi connectivity index (χ1) is 26.1. The van der Waals surface area contributed by atoms with Gasteiger partial charge in [0, 0.05) is 38.4 Å². The fraction of sp³-hybridized carbons (Fsp3) is 0. The summed E-state index contributed by atoms with van der Waals surface area (Å²) in [6.45, 7) is 0. The van der Waals surface area contributed by atoms with E-state index >= 15 is 0 Å². The molecule has 53 heavy (non-hydrogen) atoms. The van der Waals surface area contributed by atoms with Crippen molar-refractivity contribution in [3.63, 3.8) is 0 Å². The second-order valence-corrected chi connectivity index (χ2v) is 13.3. The van der Waals surface area contributed by atoms with E-state index in [4.69, 9.17) is 12.6 Å². The quantitative estimate of drug-likeness (QED) is 0.178. The largest absolute Gasteiger partial charge is 0.507 e. The third kappa shape index (κ3) is 5.09. The van der Waals surface area contributed by atoms with E-state index in [0.29, 0.717) is 22.5 Å². The molecule has 0 spiro atoms. The van der Waals surface area contributed by atoms with Gasteiger partial charge < -0.3 is 19.0 Å². The molecule has 0 saturated heterocycles. The summed E-state index contributed by atoms with van der Waals surface area (Å²) in [4.78, 5) is 0. The second kappa shape index (κ2) is 12.4. The normalized spacial score (nSPS) is 11.5. The maximum Gasteiger partial charge on any atom is 0.128 e. The van der Waals surface area contributed by atoms with Crippen LogP contribution in [0.1, 0.15) is 0 Å². The fourth-order valence-corrected chi connectivity index (χ4v) is 7.86. The summed E-state index contributed by atoms with van der Waals surface area (Å²) >= 11 is 0. The minimum absolute atomic E-state index is 0.174. The Morgan fingerprint density at radius 2 is 0.925 bits per heavy atom. The molecular formula is C48H31BN2O2. The number of hydrogen-bond acceptors (Lipinski definition) is 2. The molecule has 5 heteroatoms. The van der Waals surface area contributed by atoms with Crippen molar-refractivity contribution in [3.8, 4) is 50.9 Å². The lowest BCUT2D eigenvalue weighted by Crippen LogP contribution is -2.05. The highest BCUT2D eigenvalue weighted by Gasteiger charge is 2.19. The van der Waals surface area contributed by atoms with Gasteiger partial charge in [0.05, 0.1) is 27.8 Å². The molecule has 248 valence electrons. The van der Waals surface area contributed by atoms with Gasteiger partial charge in [-0.2, -0.15) is 0 Å². The Bertz CT molecular complexity index is 2920. The molecule has 0 fully saturated rings. The highest BCUT2D eigenvalue weighted by Crippen LogP contribution is 2.42. The van der Waals surface area contributed by atoms with Gasteiger partial charge in [-0.1, -0.05) is 115 Å².